The summed E-state index contributed by atoms with van der Waals surface area (Å²) < 4.78 is 13.3. The largest absolute Gasteiger partial charge is 0.396 e. The molecule has 94 valence electrons. The number of rotatable bonds is 4. The molecule has 0 aliphatic heterocycles. The van der Waals surface area contributed by atoms with Crippen molar-refractivity contribution in [2.75, 3.05) is 12.3 Å². The fraction of sp³-hybridized carbons (Fsp3) is 0.462. The van der Waals surface area contributed by atoms with Gasteiger partial charge in [-0.05, 0) is 32.4 Å². The van der Waals surface area contributed by atoms with E-state index in [2.05, 4.69) is 0 Å². The molecule has 0 aliphatic carbocycles. The van der Waals surface area contributed by atoms with Gasteiger partial charge in [-0.2, -0.15) is 0 Å². The number of nitrogen functional groups attached to an aromatic ring is 1. The molecule has 1 aromatic carbocycles. The van der Waals surface area contributed by atoms with Crippen molar-refractivity contribution in [3.05, 3.63) is 29.6 Å². The molecule has 1 unspecified atom stereocenters. The Hall–Kier alpha value is -1.58. The van der Waals surface area contributed by atoms with Gasteiger partial charge in [-0.25, -0.2) is 4.39 Å². The van der Waals surface area contributed by atoms with Crippen molar-refractivity contribution >= 4 is 11.6 Å². The first-order chi connectivity index (χ1) is 8.02. The highest BCUT2D eigenvalue weighted by molar-refractivity contribution is 5.99. The lowest BCUT2D eigenvalue weighted by atomic mass is 10.1. The van der Waals surface area contributed by atoms with Crippen LogP contribution in [0.15, 0.2) is 18.2 Å². The van der Waals surface area contributed by atoms with Crippen molar-refractivity contribution in [1.29, 1.82) is 0 Å². The van der Waals surface area contributed by atoms with E-state index in [-0.39, 0.29) is 23.2 Å². The molecule has 3 nitrogen and oxygen atoms in total. The molecule has 2 N–H and O–H groups in total. The van der Waals surface area contributed by atoms with E-state index in [0.29, 0.717) is 6.54 Å². The van der Waals surface area contributed by atoms with E-state index in [1.54, 1.807) is 11.0 Å². The zero-order chi connectivity index (χ0) is 13.0. The molecule has 0 saturated heterocycles. The second-order valence-electron chi connectivity index (χ2n) is 4.05. The lowest BCUT2D eigenvalue weighted by molar-refractivity contribution is 0.0700. The van der Waals surface area contributed by atoms with Crippen LogP contribution in [0, 0.1) is 5.82 Å². The number of para-hydroxylation sites is 1. The van der Waals surface area contributed by atoms with Crippen LogP contribution in [0.2, 0.25) is 0 Å². The summed E-state index contributed by atoms with van der Waals surface area (Å²) in [5, 5.41) is 0. The maximum Gasteiger partial charge on any atom is 0.256 e. The summed E-state index contributed by atoms with van der Waals surface area (Å²) in [5.41, 5.74) is 5.77. The average Bonchev–Trinajstić information content (AvgIpc) is 2.33. The maximum absolute atomic E-state index is 13.3. The molecule has 4 heteroatoms. The Morgan fingerprint density at radius 2 is 2.12 bits per heavy atom. The smallest absolute Gasteiger partial charge is 0.256 e. The monoisotopic (exact) mass is 238 g/mol. The van der Waals surface area contributed by atoms with Crippen LogP contribution in [-0.2, 0) is 0 Å². The van der Waals surface area contributed by atoms with Crippen LogP contribution in [-0.4, -0.2) is 23.4 Å². The van der Waals surface area contributed by atoms with Crippen LogP contribution in [0.3, 0.4) is 0 Å². The third-order valence-corrected chi connectivity index (χ3v) is 3.01. The number of amides is 1. The third kappa shape index (κ3) is 2.75. The first-order valence-corrected chi connectivity index (χ1v) is 5.87. The number of nitrogens with two attached hydrogens (primary N) is 1. The second-order valence-corrected chi connectivity index (χ2v) is 4.05. The first-order valence-electron chi connectivity index (χ1n) is 5.87. The molecule has 1 amide bonds. The zero-order valence-corrected chi connectivity index (χ0v) is 10.5. The SMILES string of the molecule is CCC(C)N(CC)C(=O)c1cccc(F)c1N. The normalized spacial score (nSPS) is 12.2. The van der Waals surface area contributed by atoms with Crippen LogP contribution in [0.25, 0.3) is 0 Å². The van der Waals surface area contributed by atoms with Crippen LogP contribution in [0.1, 0.15) is 37.6 Å². The highest BCUT2D eigenvalue weighted by atomic mass is 19.1. The zero-order valence-electron chi connectivity index (χ0n) is 10.5. The fourth-order valence-corrected chi connectivity index (χ4v) is 1.75. The van der Waals surface area contributed by atoms with Crippen molar-refractivity contribution in [2.24, 2.45) is 0 Å². The summed E-state index contributed by atoms with van der Waals surface area (Å²) in [6.07, 6.45) is 0.856. The quantitative estimate of drug-likeness (QED) is 0.820. The minimum absolute atomic E-state index is 0.0701. The van der Waals surface area contributed by atoms with Crippen molar-refractivity contribution in [2.45, 2.75) is 33.2 Å². The van der Waals surface area contributed by atoms with Crippen molar-refractivity contribution in [3.8, 4) is 0 Å². The van der Waals surface area contributed by atoms with Crippen molar-refractivity contribution in [1.82, 2.24) is 4.90 Å². The number of carbonyl (C=O) groups excluding carboxylic acids is 1. The Morgan fingerprint density at radius 3 is 2.65 bits per heavy atom. The van der Waals surface area contributed by atoms with Gasteiger partial charge in [-0.3, -0.25) is 4.79 Å². The predicted molar refractivity (Wildman–Crippen MR) is 67.3 cm³/mol. The number of benzene rings is 1. The van der Waals surface area contributed by atoms with Gasteiger partial charge in [0.15, 0.2) is 0 Å². The molecule has 17 heavy (non-hydrogen) atoms. The Kier molecular flexibility index (Phi) is 4.49. The molecule has 0 heterocycles. The van der Waals surface area contributed by atoms with Gasteiger partial charge >= 0.3 is 0 Å². The third-order valence-electron chi connectivity index (χ3n) is 3.01. The number of halogens is 1. The van der Waals surface area contributed by atoms with E-state index in [1.165, 1.54) is 12.1 Å². The highest BCUT2D eigenvalue weighted by Crippen LogP contribution is 2.19. The molecule has 0 bridgehead atoms. The molecule has 0 fully saturated rings. The minimum atomic E-state index is -0.545. The molecule has 0 aliphatic rings. The number of anilines is 1. The number of hydrogen-bond acceptors (Lipinski definition) is 2. The van der Waals surface area contributed by atoms with E-state index < -0.39 is 5.82 Å². The van der Waals surface area contributed by atoms with Crippen molar-refractivity contribution in [3.63, 3.8) is 0 Å². The Bertz CT molecular complexity index is 406. The summed E-state index contributed by atoms with van der Waals surface area (Å²) in [5.74, 6) is -0.755. The predicted octanol–water partition coefficient (Wildman–Crippen LogP) is 2.67. The van der Waals surface area contributed by atoms with Crippen LogP contribution >= 0.6 is 0 Å². The lowest BCUT2D eigenvalue weighted by Crippen LogP contribution is -2.38. The second kappa shape index (κ2) is 5.66. The van der Waals surface area contributed by atoms with Crippen LogP contribution in [0.5, 0.6) is 0 Å². The Morgan fingerprint density at radius 1 is 1.47 bits per heavy atom. The molecule has 0 radical (unpaired) electrons. The van der Waals surface area contributed by atoms with E-state index in [0.717, 1.165) is 6.42 Å². The van der Waals surface area contributed by atoms with Gasteiger partial charge in [-0.15, -0.1) is 0 Å². The standard InChI is InChI=1S/C13H19FN2O/c1-4-9(3)16(5-2)13(17)10-7-6-8-11(14)12(10)15/h6-9H,4-5,15H2,1-3H3. The topological polar surface area (TPSA) is 46.3 Å². The van der Waals surface area contributed by atoms with Gasteiger partial charge in [0.1, 0.15) is 5.82 Å². The average molecular weight is 238 g/mol. The lowest BCUT2D eigenvalue weighted by Gasteiger charge is -2.27. The molecule has 0 spiro atoms. The summed E-state index contributed by atoms with van der Waals surface area (Å²) in [6, 6.07) is 4.44. The number of carbonyl (C=O) groups is 1. The summed E-state index contributed by atoms with van der Waals surface area (Å²) in [7, 11) is 0. The molecule has 1 atom stereocenters. The van der Waals surface area contributed by atoms with Gasteiger partial charge in [0.05, 0.1) is 11.3 Å². The molecule has 1 rings (SSSR count). The number of hydrogen-bond donors (Lipinski definition) is 1. The summed E-state index contributed by atoms with van der Waals surface area (Å²) >= 11 is 0. The highest BCUT2D eigenvalue weighted by Gasteiger charge is 2.21. The van der Waals surface area contributed by atoms with E-state index in [9.17, 15) is 9.18 Å². The minimum Gasteiger partial charge on any atom is -0.396 e. The van der Waals surface area contributed by atoms with Gasteiger partial charge in [-0.1, -0.05) is 13.0 Å². The number of nitrogens with zero attached hydrogens (tertiary/aromatic N) is 1. The molecular weight excluding hydrogens is 219 g/mol. The molecule has 0 saturated carbocycles. The fourth-order valence-electron chi connectivity index (χ4n) is 1.75. The summed E-state index contributed by atoms with van der Waals surface area (Å²) in [4.78, 5) is 13.9. The van der Waals surface area contributed by atoms with Gasteiger partial charge < -0.3 is 10.6 Å². The van der Waals surface area contributed by atoms with Crippen LogP contribution in [0.4, 0.5) is 10.1 Å². The summed E-state index contributed by atoms with van der Waals surface area (Å²) in [6.45, 7) is 6.47. The molecular formula is C13H19FN2O. The first kappa shape index (κ1) is 13.5. The Labute approximate surface area is 101 Å². The van der Waals surface area contributed by atoms with Gasteiger partial charge in [0.2, 0.25) is 0 Å². The molecule has 1 aromatic rings. The Balaban J connectivity index is 3.06. The van der Waals surface area contributed by atoms with E-state index in [4.69, 9.17) is 5.73 Å². The van der Waals surface area contributed by atoms with Crippen LogP contribution < -0.4 is 5.73 Å². The van der Waals surface area contributed by atoms with Gasteiger partial charge in [0, 0.05) is 12.6 Å². The van der Waals surface area contributed by atoms with Crippen molar-refractivity contribution < 1.29 is 9.18 Å². The van der Waals surface area contributed by atoms with Gasteiger partial charge in [0.25, 0.3) is 5.91 Å². The van der Waals surface area contributed by atoms with E-state index >= 15 is 0 Å². The maximum atomic E-state index is 13.3. The van der Waals surface area contributed by atoms with E-state index in [1.807, 2.05) is 20.8 Å². The molecule has 0 aromatic heterocycles.